The molecule has 0 spiro atoms. The zero-order chi connectivity index (χ0) is 20.2. The molecule has 7 heteroatoms. The van der Waals surface area contributed by atoms with Gasteiger partial charge < -0.3 is 15.5 Å². The lowest BCUT2D eigenvalue weighted by Gasteiger charge is -2.13. The second kappa shape index (κ2) is 14.3. The van der Waals surface area contributed by atoms with E-state index < -0.39 is 0 Å². The number of rotatable bonds is 9. The Morgan fingerprint density at radius 2 is 1.76 bits per heavy atom. The van der Waals surface area contributed by atoms with Gasteiger partial charge in [0, 0.05) is 44.7 Å². The summed E-state index contributed by atoms with van der Waals surface area (Å²) < 4.78 is 0. The van der Waals surface area contributed by atoms with Gasteiger partial charge in [0.15, 0.2) is 5.96 Å². The first kappa shape index (κ1) is 25.3. The molecule has 0 aromatic heterocycles. The maximum Gasteiger partial charge on any atom is 0.253 e. The van der Waals surface area contributed by atoms with Crippen LogP contribution in [0.15, 0.2) is 64.5 Å². The van der Waals surface area contributed by atoms with Crippen LogP contribution in [0.3, 0.4) is 0 Å². The Hall–Kier alpha value is -1.74. The van der Waals surface area contributed by atoms with Crippen LogP contribution in [0.1, 0.15) is 22.3 Å². The molecule has 0 heterocycles. The number of hydrogen-bond acceptors (Lipinski definition) is 3. The third kappa shape index (κ3) is 9.54. The van der Waals surface area contributed by atoms with Crippen molar-refractivity contribution in [2.45, 2.75) is 17.7 Å². The predicted octanol–water partition coefficient (Wildman–Crippen LogP) is 3.90. The van der Waals surface area contributed by atoms with E-state index in [9.17, 15) is 4.79 Å². The van der Waals surface area contributed by atoms with Crippen LogP contribution in [0.25, 0.3) is 0 Å². The molecule has 0 fully saturated rings. The zero-order valence-electron chi connectivity index (χ0n) is 17.4. The van der Waals surface area contributed by atoms with Gasteiger partial charge in [0.1, 0.15) is 0 Å². The smallest absolute Gasteiger partial charge is 0.253 e. The normalized spacial score (nSPS) is 10.8. The molecule has 0 aliphatic carbocycles. The van der Waals surface area contributed by atoms with Gasteiger partial charge in [-0.3, -0.25) is 9.79 Å². The number of amides is 1. The number of carbonyl (C=O) groups excluding carboxylic acids is 1. The summed E-state index contributed by atoms with van der Waals surface area (Å²) in [6, 6.07) is 18.2. The molecule has 158 valence electrons. The number of thioether (sulfide) groups is 1. The highest BCUT2D eigenvalue weighted by Crippen LogP contribution is 2.17. The highest BCUT2D eigenvalue weighted by Gasteiger charge is 2.08. The van der Waals surface area contributed by atoms with E-state index in [1.54, 1.807) is 26.0 Å². The van der Waals surface area contributed by atoms with Gasteiger partial charge in [-0.05, 0) is 48.4 Å². The first-order chi connectivity index (χ1) is 13.6. The molecule has 0 unspecified atom stereocenters. The highest BCUT2D eigenvalue weighted by atomic mass is 127. The maximum absolute atomic E-state index is 12.1. The average molecular weight is 526 g/mol. The number of nitrogens with zero attached hydrogens (tertiary/aromatic N) is 2. The summed E-state index contributed by atoms with van der Waals surface area (Å²) in [6.07, 6.45) is 1.90. The van der Waals surface area contributed by atoms with E-state index in [1.807, 2.05) is 42.1 Å². The minimum atomic E-state index is 0. The quantitative estimate of drug-likeness (QED) is 0.171. The molecule has 29 heavy (non-hydrogen) atoms. The molecule has 0 saturated carbocycles. The van der Waals surface area contributed by atoms with Gasteiger partial charge in [-0.2, -0.15) is 0 Å². The molecule has 5 nitrogen and oxygen atoms in total. The fourth-order valence-corrected chi connectivity index (χ4v) is 3.52. The minimum Gasteiger partial charge on any atom is -0.356 e. The van der Waals surface area contributed by atoms with E-state index in [0.29, 0.717) is 0 Å². The van der Waals surface area contributed by atoms with Crippen molar-refractivity contribution in [2.75, 3.05) is 40.0 Å². The van der Waals surface area contributed by atoms with Gasteiger partial charge in [-0.1, -0.05) is 30.3 Å². The Morgan fingerprint density at radius 1 is 1.03 bits per heavy atom. The van der Waals surface area contributed by atoms with Crippen molar-refractivity contribution in [3.8, 4) is 0 Å². The lowest BCUT2D eigenvalue weighted by molar-refractivity contribution is 0.0827. The van der Waals surface area contributed by atoms with Crippen LogP contribution >= 0.6 is 35.7 Å². The van der Waals surface area contributed by atoms with Crippen LogP contribution in [0.2, 0.25) is 0 Å². The fourth-order valence-electron chi connectivity index (χ4n) is 2.65. The Kier molecular flexibility index (Phi) is 12.5. The monoisotopic (exact) mass is 526 g/mol. The number of aliphatic imine (C=N–C) groups is 1. The number of carbonyl (C=O) groups is 1. The Balaban J connectivity index is 0.00000420. The first-order valence-electron chi connectivity index (χ1n) is 9.53. The van der Waals surface area contributed by atoms with E-state index in [1.165, 1.54) is 4.90 Å². The van der Waals surface area contributed by atoms with Gasteiger partial charge >= 0.3 is 0 Å². The summed E-state index contributed by atoms with van der Waals surface area (Å²) >= 11 is 1.87. The zero-order valence-corrected chi connectivity index (χ0v) is 20.5. The largest absolute Gasteiger partial charge is 0.356 e. The molecule has 0 atom stereocenters. The number of benzene rings is 2. The van der Waals surface area contributed by atoms with Crippen molar-refractivity contribution >= 4 is 47.6 Å². The van der Waals surface area contributed by atoms with Gasteiger partial charge in [0.25, 0.3) is 5.91 Å². The van der Waals surface area contributed by atoms with E-state index in [4.69, 9.17) is 0 Å². The average Bonchev–Trinajstić information content (AvgIpc) is 2.72. The predicted molar refractivity (Wildman–Crippen MR) is 135 cm³/mol. The summed E-state index contributed by atoms with van der Waals surface area (Å²) in [5, 5.41) is 6.69. The van der Waals surface area contributed by atoms with E-state index in [0.717, 1.165) is 48.8 Å². The van der Waals surface area contributed by atoms with E-state index >= 15 is 0 Å². The Bertz CT molecular complexity index is 768. The molecule has 0 aliphatic rings. The molecule has 0 bridgehead atoms. The van der Waals surface area contributed by atoms with Gasteiger partial charge in [0.2, 0.25) is 0 Å². The van der Waals surface area contributed by atoms with Crippen molar-refractivity contribution in [2.24, 2.45) is 4.99 Å². The van der Waals surface area contributed by atoms with Crippen LogP contribution in [-0.4, -0.2) is 56.8 Å². The molecule has 0 saturated heterocycles. The molecule has 0 radical (unpaired) electrons. The topological polar surface area (TPSA) is 56.7 Å². The fraction of sp³-hybridized carbons (Fsp3) is 0.364. The number of halogens is 1. The van der Waals surface area contributed by atoms with Crippen LogP contribution in [0, 0.1) is 0 Å². The van der Waals surface area contributed by atoms with Crippen molar-refractivity contribution < 1.29 is 4.79 Å². The third-order valence-corrected chi connectivity index (χ3v) is 5.23. The summed E-state index contributed by atoms with van der Waals surface area (Å²) in [6.45, 7) is 1.64. The second-order valence-corrected chi connectivity index (χ2v) is 7.76. The lowest BCUT2D eigenvalue weighted by Crippen LogP contribution is -2.38. The Labute approximate surface area is 195 Å². The summed E-state index contributed by atoms with van der Waals surface area (Å²) in [5.41, 5.74) is 1.86. The van der Waals surface area contributed by atoms with Gasteiger partial charge in [0.05, 0.1) is 0 Å². The second-order valence-electron chi connectivity index (χ2n) is 6.59. The summed E-state index contributed by atoms with van der Waals surface area (Å²) in [7, 11) is 5.32. The van der Waals surface area contributed by atoms with E-state index in [2.05, 4.69) is 39.9 Å². The molecule has 2 N–H and O–H groups in total. The Morgan fingerprint density at radius 3 is 2.45 bits per heavy atom. The summed E-state index contributed by atoms with van der Waals surface area (Å²) in [5.74, 6) is 1.91. The maximum atomic E-state index is 12.1. The highest BCUT2D eigenvalue weighted by molar-refractivity contribution is 14.0. The molecule has 2 rings (SSSR count). The number of hydrogen-bond donors (Lipinski definition) is 2. The lowest BCUT2D eigenvalue weighted by atomic mass is 10.1. The molecule has 0 aliphatic heterocycles. The number of guanidine groups is 1. The van der Waals surface area contributed by atoms with Gasteiger partial charge in [-0.15, -0.1) is 35.7 Å². The molecular formula is C22H31IN4OS. The van der Waals surface area contributed by atoms with Crippen LogP contribution in [-0.2, 0) is 6.42 Å². The van der Waals surface area contributed by atoms with Crippen LogP contribution in [0.5, 0.6) is 0 Å². The summed E-state index contributed by atoms with van der Waals surface area (Å²) in [4.78, 5) is 19.2. The van der Waals surface area contributed by atoms with Crippen molar-refractivity contribution in [1.82, 2.24) is 15.5 Å². The van der Waals surface area contributed by atoms with Crippen LogP contribution in [0.4, 0.5) is 0 Å². The first-order valence-corrected chi connectivity index (χ1v) is 10.5. The molecule has 1 amide bonds. The minimum absolute atomic E-state index is 0. The molecule has 2 aromatic rings. The molecule has 2 aromatic carbocycles. The number of nitrogens with one attached hydrogen (secondary N) is 2. The van der Waals surface area contributed by atoms with Crippen molar-refractivity contribution in [3.63, 3.8) is 0 Å². The van der Waals surface area contributed by atoms with Crippen molar-refractivity contribution in [3.05, 3.63) is 65.7 Å². The van der Waals surface area contributed by atoms with Crippen LogP contribution < -0.4 is 10.6 Å². The SMILES string of the molecule is CN=C(NCCCSc1ccccc1)NCCc1cccc(C(=O)N(C)C)c1.I. The van der Waals surface area contributed by atoms with E-state index in [-0.39, 0.29) is 29.9 Å². The standard InChI is InChI=1S/C22H30N4OS.HI/c1-23-22(24-14-8-16-28-20-11-5-4-6-12-20)25-15-13-18-9-7-10-19(17-18)21(27)26(2)3;/h4-7,9-12,17H,8,13-16H2,1-3H3,(H2,23,24,25);1H. The van der Waals surface area contributed by atoms with Crippen molar-refractivity contribution in [1.29, 1.82) is 0 Å². The molecular weight excluding hydrogens is 495 g/mol. The third-order valence-electron chi connectivity index (χ3n) is 4.14. The van der Waals surface area contributed by atoms with Gasteiger partial charge in [-0.25, -0.2) is 0 Å².